The molecule has 90 valence electrons. The van der Waals surface area contributed by atoms with Crippen LogP contribution in [0.3, 0.4) is 0 Å². The van der Waals surface area contributed by atoms with Crippen LogP contribution in [0.25, 0.3) is 0 Å². The van der Waals surface area contributed by atoms with E-state index in [0.29, 0.717) is 28.6 Å². The second-order valence-electron chi connectivity index (χ2n) is 3.50. The number of hydrogen-bond donors (Lipinski definition) is 1. The third kappa shape index (κ3) is 2.50. The molecule has 1 aromatic heterocycles. The molecule has 0 amide bonds. The molecule has 5 nitrogen and oxygen atoms in total. The summed E-state index contributed by atoms with van der Waals surface area (Å²) in [5, 5.41) is 8.65. The maximum Gasteiger partial charge on any atom is 0.171 e. The van der Waals surface area contributed by atoms with E-state index in [4.69, 9.17) is 20.5 Å². The Bertz CT molecular complexity index is 588. The van der Waals surface area contributed by atoms with Crippen LogP contribution in [0.15, 0.2) is 36.5 Å². The number of ether oxygens (including phenoxy) is 2. The second kappa shape index (κ2) is 5.06. The standard InChI is InChI=1S/C13H11N3O2/c1-17-12-5-2-9(15)6-13(12)18-11-4-3-10(7-14)16-8-11/h2-6,8H,15H2,1H3. The van der Waals surface area contributed by atoms with E-state index >= 15 is 0 Å². The van der Waals surface area contributed by atoms with Crippen LogP contribution in [0.5, 0.6) is 17.2 Å². The van der Waals surface area contributed by atoms with Crippen LogP contribution in [-0.2, 0) is 0 Å². The van der Waals surface area contributed by atoms with Gasteiger partial charge < -0.3 is 15.2 Å². The number of nitrogens with zero attached hydrogens (tertiary/aromatic N) is 2. The Kier molecular flexibility index (Phi) is 3.30. The lowest BCUT2D eigenvalue weighted by Crippen LogP contribution is -1.93. The van der Waals surface area contributed by atoms with Crippen LogP contribution in [0.2, 0.25) is 0 Å². The zero-order valence-electron chi connectivity index (χ0n) is 9.75. The molecule has 0 fully saturated rings. The molecule has 0 aliphatic rings. The predicted octanol–water partition coefficient (Wildman–Crippen LogP) is 2.34. The van der Waals surface area contributed by atoms with Gasteiger partial charge in [-0.1, -0.05) is 0 Å². The van der Waals surface area contributed by atoms with E-state index in [1.165, 1.54) is 6.20 Å². The highest BCUT2D eigenvalue weighted by atomic mass is 16.5. The van der Waals surface area contributed by atoms with Gasteiger partial charge in [0.05, 0.1) is 13.3 Å². The third-order valence-corrected chi connectivity index (χ3v) is 2.27. The van der Waals surface area contributed by atoms with Crippen molar-refractivity contribution in [1.82, 2.24) is 4.98 Å². The van der Waals surface area contributed by atoms with Crippen LogP contribution in [0, 0.1) is 11.3 Å². The number of hydrogen-bond acceptors (Lipinski definition) is 5. The Morgan fingerprint density at radius 2 is 2.06 bits per heavy atom. The molecule has 2 aromatic rings. The monoisotopic (exact) mass is 241 g/mol. The van der Waals surface area contributed by atoms with Crippen molar-refractivity contribution >= 4 is 5.69 Å². The predicted molar refractivity (Wildman–Crippen MR) is 66.4 cm³/mol. The Hall–Kier alpha value is -2.74. The number of nitriles is 1. The average Bonchev–Trinajstić information content (AvgIpc) is 2.40. The summed E-state index contributed by atoms with van der Waals surface area (Å²) in [5.74, 6) is 1.59. The van der Waals surface area contributed by atoms with Gasteiger partial charge in [0, 0.05) is 11.8 Å². The summed E-state index contributed by atoms with van der Waals surface area (Å²) in [6, 6.07) is 10.3. The van der Waals surface area contributed by atoms with E-state index in [9.17, 15) is 0 Å². The molecule has 2 rings (SSSR count). The zero-order chi connectivity index (χ0) is 13.0. The van der Waals surface area contributed by atoms with Crippen LogP contribution in [-0.4, -0.2) is 12.1 Å². The van der Waals surface area contributed by atoms with Crippen molar-refractivity contribution in [3.8, 4) is 23.3 Å². The van der Waals surface area contributed by atoms with Crippen molar-refractivity contribution in [2.75, 3.05) is 12.8 Å². The van der Waals surface area contributed by atoms with E-state index < -0.39 is 0 Å². The van der Waals surface area contributed by atoms with Gasteiger partial charge in [0.25, 0.3) is 0 Å². The summed E-state index contributed by atoms with van der Waals surface area (Å²) in [5.41, 5.74) is 6.60. The van der Waals surface area contributed by atoms with E-state index in [0.717, 1.165) is 0 Å². The van der Waals surface area contributed by atoms with Crippen molar-refractivity contribution in [1.29, 1.82) is 5.26 Å². The van der Waals surface area contributed by atoms with Crippen LogP contribution < -0.4 is 15.2 Å². The summed E-state index contributed by atoms with van der Waals surface area (Å²) < 4.78 is 10.8. The van der Waals surface area contributed by atoms with Crippen LogP contribution in [0.4, 0.5) is 5.69 Å². The number of benzene rings is 1. The molecule has 0 radical (unpaired) electrons. The van der Waals surface area contributed by atoms with Gasteiger partial charge in [-0.25, -0.2) is 4.98 Å². The van der Waals surface area contributed by atoms with Crippen molar-refractivity contribution in [3.63, 3.8) is 0 Å². The molecule has 18 heavy (non-hydrogen) atoms. The summed E-state index contributed by atoms with van der Waals surface area (Å²) in [6.07, 6.45) is 1.47. The van der Waals surface area contributed by atoms with Gasteiger partial charge in [0.2, 0.25) is 0 Å². The first-order chi connectivity index (χ1) is 8.72. The highest BCUT2D eigenvalue weighted by molar-refractivity contribution is 5.53. The fourth-order valence-corrected chi connectivity index (χ4v) is 1.41. The highest BCUT2D eigenvalue weighted by Crippen LogP contribution is 2.32. The molecule has 0 atom stereocenters. The second-order valence-corrected chi connectivity index (χ2v) is 3.50. The summed E-state index contributed by atoms with van der Waals surface area (Å²) in [4.78, 5) is 3.91. The minimum atomic E-state index is 0.335. The van der Waals surface area contributed by atoms with Gasteiger partial charge in [-0.3, -0.25) is 0 Å². The maximum absolute atomic E-state index is 8.65. The minimum absolute atomic E-state index is 0.335. The van der Waals surface area contributed by atoms with E-state index in [1.807, 2.05) is 6.07 Å². The number of methoxy groups -OCH3 is 1. The van der Waals surface area contributed by atoms with Gasteiger partial charge in [0.15, 0.2) is 11.5 Å². The highest BCUT2D eigenvalue weighted by Gasteiger charge is 2.06. The number of rotatable bonds is 3. The van der Waals surface area contributed by atoms with Gasteiger partial charge in [-0.15, -0.1) is 0 Å². The lowest BCUT2D eigenvalue weighted by molar-refractivity contribution is 0.378. The number of aromatic nitrogens is 1. The first kappa shape index (κ1) is 11.7. The summed E-state index contributed by atoms with van der Waals surface area (Å²) in [7, 11) is 1.55. The molecule has 0 bridgehead atoms. The molecule has 1 aromatic carbocycles. The molecular weight excluding hydrogens is 230 g/mol. The van der Waals surface area contributed by atoms with Crippen molar-refractivity contribution in [2.45, 2.75) is 0 Å². The van der Waals surface area contributed by atoms with Crippen LogP contribution >= 0.6 is 0 Å². The molecule has 0 aliphatic heterocycles. The smallest absolute Gasteiger partial charge is 0.171 e. The van der Waals surface area contributed by atoms with Gasteiger partial charge in [0.1, 0.15) is 17.5 Å². The van der Waals surface area contributed by atoms with Gasteiger partial charge >= 0.3 is 0 Å². The Morgan fingerprint density at radius 3 is 2.67 bits per heavy atom. The van der Waals surface area contributed by atoms with Gasteiger partial charge in [-0.2, -0.15) is 5.26 Å². The Morgan fingerprint density at radius 1 is 1.22 bits per heavy atom. The zero-order valence-corrected chi connectivity index (χ0v) is 9.75. The molecule has 0 saturated heterocycles. The van der Waals surface area contributed by atoms with E-state index in [1.54, 1.807) is 37.4 Å². The number of pyridine rings is 1. The number of nitrogen functional groups attached to an aromatic ring is 1. The molecular formula is C13H11N3O2. The molecule has 0 saturated carbocycles. The maximum atomic E-state index is 8.65. The van der Waals surface area contributed by atoms with Crippen molar-refractivity contribution in [2.24, 2.45) is 0 Å². The molecule has 1 heterocycles. The van der Waals surface area contributed by atoms with Crippen LogP contribution in [0.1, 0.15) is 5.69 Å². The van der Waals surface area contributed by atoms with Crippen molar-refractivity contribution in [3.05, 3.63) is 42.2 Å². The number of nitrogens with two attached hydrogens (primary N) is 1. The lowest BCUT2D eigenvalue weighted by Gasteiger charge is -2.10. The SMILES string of the molecule is COc1ccc(N)cc1Oc1ccc(C#N)nc1. The summed E-state index contributed by atoms with van der Waals surface area (Å²) >= 11 is 0. The van der Waals surface area contributed by atoms with Crippen molar-refractivity contribution < 1.29 is 9.47 Å². The quantitative estimate of drug-likeness (QED) is 0.834. The fraction of sp³-hybridized carbons (Fsp3) is 0.0769. The van der Waals surface area contributed by atoms with E-state index in [2.05, 4.69) is 4.98 Å². The largest absolute Gasteiger partial charge is 0.493 e. The Balaban J connectivity index is 2.27. The molecule has 0 aliphatic carbocycles. The third-order valence-electron chi connectivity index (χ3n) is 2.27. The number of anilines is 1. The average molecular weight is 241 g/mol. The molecule has 2 N–H and O–H groups in total. The minimum Gasteiger partial charge on any atom is -0.493 e. The Labute approximate surface area is 104 Å². The molecule has 0 unspecified atom stereocenters. The summed E-state index contributed by atoms with van der Waals surface area (Å²) in [6.45, 7) is 0. The normalized spacial score (nSPS) is 9.56. The first-order valence-corrected chi connectivity index (χ1v) is 5.20. The topological polar surface area (TPSA) is 81.2 Å². The molecule has 0 spiro atoms. The fourth-order valence-electron chi connectivity index (χ4n) is 1.41. The molecule has 5 heteroatoms. The van der Waals surface area contributed by atoms with Gasteiger partial charge in [-0.05, 0) is 24.3 Å². The first-order valence-electron chi connectivity index (χ1n) is 5.20. The lowest BCUT2D eigenvalue weighted by atomic mass is 10.3. The van der Waals surface area contributed by atoms with E-state index in [-0.39, 0.29) is 0 Å².